The second-order valence-corrected chi connectivity index (χ2v) is 7.46. The van der Waals surface area contributed by atoms with Crippen LogP contribution in [0.2, 0.25) is 0 Å². The summed E-state index contributed by atoms with van der Waals surface area (Å²) in [5.74, 6) is 2.72. The summed E-state index contributed by atoms with van der Waals surface area (Å²) < 4.78 is 29.6. The van der Waals surface area contributed by atoms with Crippen molar-refractivity contribution in [2.24, 2.45) is 0 Å². The lowest BCUT2D eigenvalue weighted by atomic mass is 10.2. The Morgan fingerprint density at radius 3 is 2.11 bits per heavy atom. The molecule has 2 bridgehead atoms. The minimum Gasteiger partial charge on any atom is -0.310 e. The van der Waals surface area contributed by atoms with E-state index in [1.807, 2.05) is 6.92 Å². The zero-order chi connectivity index (χ0) is 13.9. The fraction of sp³-hybridized carbons (Fsp3) is 0.538. The number of thioether (sulfide) groups is 1. The topological polar surface area (TPSA) is 66.4 Å². The standard InChI is InChI=1S/C7H8O3S.C6H11NS/c1-6-2-4-7(5-3-6)11(8,9)10;1-2-6-4-8-3-5(1)7-6/h2-5H,1H3,(H,8,9,10);5-7H,1-4H2. The molecule has 0 amide bonds. The van der Waals surface area contributed by atoms with Gasteiger partial charge in [0.1, 0.15) is 0 Å². The first kappa shape index (κ1) is 14.8. The molecule has 0 radical (unpaired) electrons. The third-order valence-corrected chi connectivity index (χ3v) is 5.44. The summed E-state index contributed by atoms with van der Waals surface area (Å²) >= 11 is 2.11. The number of fused-ring (bicyclic) bond motifs is 2. The Balaban J connectivity index is 0.000000146. The molecule has 1 aromatic rings. The minimum absolute atomic E-state index is 0.0666. The first-order valence-corrected chi connectivity index (χ1v) is 8.92. The zero-order valence-corrected chi connectivity index (χ0v) is 12.5. The molecule has 106 valence electrons. The van der Waals surface area contributed by atoms with Gasteiger partial charge >= 0.3 is 0 Å². The molecule has 2 atom stereocenters. The summed E-state index contributed by atoms with van der Waals surface area (Å²) in [5.41, 5.74) is 0.956. The van der Waals surface area contributed by atoms with Crippen molar-refractivity contribution in [2.45, 2.75) is 36.7 Å². The van der Waals surface area contributed by atoms with Gasteiger partial charge in [0.2, 0.25) is 0 Å². The summed E-state index contributed by atoms with van der Waals surface area (Å²) in [6.45, 7) is 1.84. The molecule has 2 N–H and O–H groups in total. The highest BCUT2D eigenvalue weighted by atomic mass is 32.2. The van der Waals surface area contributed by atoms with Crippen LogP contribution in [0.1, 0.15) is 18.4 Å². The minimum atomic E-state index is -4.02. The summed E-state index contributed by atoms with van der Waals surface area (Å²) in [6.07, 6.45) is 2.86. The van der Waals surface area contributed by atoms with Crippen LogP contribution in [-0.2, 0) is 10.1 Å². The van der Waals surface area contributed by atoms with Crippen LogP contribution in [0.3, 0.4) is 0 Å². The maximum absolute atomic E-state index is 10.5. The van der Waals surface area contributed by atoms with Crippen LogP contribution in [0.25, 0.3) is 0 Å². The number of hydrogen-bond acceptors (Lipinski definition) is 4. The molecular weight excluding hydrogens is 282 g/mol. The van der Waals surface area contributed by atoms with E-state index < -0.39 is 10.1 Å². The molecule has 2 saturated heterocycles. The highest BCUT2D eigenvalue weighted by Gasteiger charge is 2.27. The van der Waals surface area contributed by atoms with E-state index in [2.05, 4.69) is 17.1 Å². The molecule has 4 nitrogen and oxygen atoms in total. The summed E-state index contributed by atoms with van der Waals surface area (Å²) in [4.78, 5) is -0.0666. The molecule has 0 aromatic heterocycles. The molecule has 19 heavy (non-hydrogen) atoms. The van der Waals surface area contributed by atoms with E-state index in [4.69, 9.17) is 4.55 Å². The van der Waals surface area contributed by atoms with Gasteiger partial charge in [0.05, 0.1) is 4.90 Å². The van der Waals surface area contributed by atoms with Crippen molar-refractivity contribution in [1.29, 1.82) is 0 Å². The van der Waals surface area contributed by atoms with Crippen LogP contribution >= 0.6 is 11.8 Å². The molecule has 3 rings (SSSR count). The Bertz CT molecular complexity index is 499. The third-order valence-electron chi connectivity index (χ3n) is 3.29. The van der Waals surface area contributed by atoms with E-state index in [0.717, 1.165) is 17.6 Å². The first-order chi connectivity index (χ1) is 8.95. The fourth-order valence-electron chi connectivity index (χ4n) is 2.23. The second-order valence-electron chi connectivity index (χ2n) is 4.96. The third kappa shape index (κ3) is 4.49. The lowest BCUT2D eigenvalue weighted by molar-refractivity contribution is 0.483. The Morgan fingerprint density at radius 1 is 1.16 bits per heavy atom. The molecule has 2 heterocycles. The maximum Gasteiger partial charge on any atom is 0.294 e. The van der Waals surface area contributed by atoms with Crippen LogP contribution in [-0.4, -0.2) is 36.6 Å². The van der Waals surface area contributed by atoms with E-state index in [9.17, 15) is 8.42 Å². The molecule has 6 heteroatoms. The lowest BCUT2D eigenvalue weighted by Crippen LogP contribution is -2.36. The SMILES string of the molecule is C1CC2CSCC1N2.Cc1ccc(S(=O)(=O)O)cc1. The molecule has 2 unspecified atom stereocenters. The van der Waals surface area contributed by atoms with Gasteiger partial charge in [0, 0.05) is 23.6 Å². The van der Waals surface area contributed by atoms with Gasteiger partial charge < -0.3 is 5.32 Å². The summed E-state index contributed by atoms with van der Waals surface area (Å²) in [5, 5.41) is 3.57. The highest BCUT2D eigenvalue weighted by molar-refractivity contribution is 7.99. The van der Waals surface area contributed by atoms with E-state index in [1.165, 1.54) is 36.5 Å². The van der Waals surface area contributed by atoms with Gasteiger partial charge in [-0.1, -0.05) is 17.7 Å². The normalized spacial score (nSPS) is 25.6. The Hall–Kier alpha value is -0.560. The van der Waals surface area contributed by atoms with Crippen LogP contribution in [0.15, 0.2) is 29.2 Å². The molecule has 2 aliphatic rings. The van der Waals surface area contributed by atoms with Crippen LogP contribution in [0.4, 0.5) is 0 Å². The fourth-order valence-corrected chi connectivity index (χ4v) is 3.94. The first-order valence-electron chi connectivity index (χ1n) is 6.33. The van der Waals surface area contributed by atoms with Crippen molar-refractivity contribution in [2.75, 3.05) is 11.5 Å². The van der Waals surface area contributed by atoms with Crippen molar-refractivity contribution in [1.82, 2.24) is 5.32 Å². The lowest BCUT2D eigenvalue weighted by Gasteiger charge is -2.19. The van der Waals surface area contributed by atoms with E-state index in [0.29, 0.717) is 0 Å². The van der Waals surface area contributed by atoms with Gasteiger partial charge in [0.15, 0.2) is 0 Å². The van der Waals surface area contributed by atoms with Crippen molar-refractivity contribution in [3.05, 3.63) is 29.8 Å². The van der Waals surface area contributed by atoms with E-state index in [-0.39, 0.29) is 4.90 Å². The second kappa shape index (κ2) is 6.26. The monoisotopic (exact) mass is 301 g/mol. The van der Waals surface area contributed by atoms with Crippen LogP contribution in [0.5, 0.6) is 0 Å². The van der Waals surface area contributed by atoms with Gasteiger partial charge in [-0.3, -0.25) is 4.55 Å². The predicted molar refractivity (Wildman–Crippen MR) is 78.3 cm³/mol. The van der Waals surface area contributed by atoms with Gasteiger partial charge in [-0.05, 0) is 31.9 Å². The van der Waals surface area contributed by atoms with Crippen LogP contribution in [0, 0.1) is 6.92 Å². The predicted octanol–water partition coefficient (Wildman–Crippen LogP) is 2.10. The molecule has 2 fully saturated rings. The number of rotatable bonds is 1. The van der Waals surface area contributed by atoms with Gasteiger partial charge in [-0.2, -0.15) is 20.2 Å². The summed E-state index contributed by atoms with van der Waals surface area (Å²) in [7, 11) is -4.02. The van der Waals surface area contributed by atoms with Crippen molar-refractivity contribution in [3.63, 3.8) is 0 Å². The molecule has 0 spiro atoms. The Kier molecular flexibility index (Phi) is 4.89. The van der Waals surface area contributed by atoms with Crippen molar-refractivity contribution in [3.8, 4) is 0 Å². The molecule has 0 saturated carbocycles. The Morgan fingerprint density at radius 2 is 1.68 bits per heavy atom. The molecular formula is C13H19NO3S2. The average molecular weight is 301 g/mol. The number of hydrogen-bond donors (Lipinski definition) is 2. The van der Waals surface area contributed by atoms with E-state index in [1.54, 1.807) is 12.1 Å². The molecule has 1 aromatic carbocycles. The highest BCUT2D eigenvalue weighted by Crippen LogP contribution is 2.24. The van der Waals surface area contributed by atoms with Gasteiger partial charge in [-0.15, -0.1) is 0 Å². The van der Waals surface area contributed by atoms with Gasteiger partial charge in [0.25, 0.3) is 10.1 Å². The van der Waals surface area contributed by atoms with Gasteiger partial charge in [-0.25, -0.2) is 0 Å². The smallest absolute Gasteiger partial charge is 0.294 e. The molecule has 2 aliphatic heterocycles. The number of benzene rings is 1. The van der Waals surface area contributed by atoms with Crippen molar-refractivity contribution >= 4 is 21.9 Å². The Labute approximate surface area is 118 Å². The maximum atomic E-state index is 10.5. The summed E-state index contributed by atoms with van der Waals surface area (Å²) in [6, 6.07) is 7.74. The largest absolute Gasteiger partial charge is 0.310 e. The average Bonchev–Trinajstić information content (AvgIpc) is 2.68. The zero-order valence-electron chi connectivity index (χ0n) is 10.9. The quantitative estimate of drug-likeness (QED) is 0.778. The number of nitrogens with one attached hydrogen (secondary N) is 1. The number of aryl methyl sites for hydroxylation is 1. The van der Waals surface area contributed by atoms with E-state index >= 15 is 0 Å². The molecule has 0 aliphatic carbocycles. The van der Waals surface area contributed by atoms with Crippen LogP contribution < -0.4 is 5.32 Å². The van der Waals surface area contributed by atoms with Crippen molar-refractivity contribution < 1.29 is 13.0 Å².